The monoisotopic (exact) mass is 296 g/mol. The normalized spacial score (nSPS) is 11.2. The Hall–Kier alpha value is -1.47. The van der Waals surface area contributed by atoms with Gasteiger partial charge in [-0.25, -0.2) is 4.79 Å². The van der Waals surface area contributed by atoms with Crippen molar-refractivity contribution in [2.24, 2.45) is 0 Å². The topological polar surface area (TPSA) is 50.4 Å². The zero-order valence-electron chi connectivity index (χ0n) is 9.97. The van der Waals surface area contributed by atoms with E-state index in [1.165, 1.54) is 13.2 Å². The molecule has 0 fully saturated rings. The molecular weight excluding hydrogens is 285 g/mol. The Kier molecular flexibility index (Phi) is 5.44. The Labute approximate surface area is 112 Å². The Balaban J connectivity index is 2.80. The number of urea groups is 1. The number of alkyl halides is 3. The number of carbonyl (C=O) groups is 1. The second-order valence-corrected chi connectivity index (χ2v) is 4.00. The van der Waals surface area contributed by atoms with Gasteiger partial charge >= 0.3 is 12.2 Å². The first kappa shape index (κ1) is 15.6. The summed E-state index contributed by atoms with van der Waals surface area (Å²) in [4.78, 5) is 11.4. The highest BCUT2D eigenvalue weighted by Gasteiger charge is 2.34. The van der Waals surface area contributed by atoms with E-state index in [1.54, 1.807) is 0 Å². The summed E-state index contributed by atoms with van der Waals surface area (Å²) in [5, 5.41) is 4.41. The highest BCUT2D eigenvalue weighted by Crippen LogP contribution is 2.36. The lowest BCUT2D eigenvalue weighted by Gasteiger charge is -2.14. The summed E-state index contributed by atoms with van der Waals surface area (Å²) >= 11 is 5.52. The maximum atomic E-state index is 12.7. The molecule has 19 heavy (non-hydrogen) atoms. The van der Waals surface area contributed by atoms with Gasteiger partial charge in [-0.2, -0.15) is 13.2 Å². The van der Waals surface area contributed by atoms with Crippen LogP contribution < -0.4 is 10.6 Å². The highest BCUT2D eigenvalue weighted by atomic mass is 35.5. The van der Waals surface area contributed by atoms with Crippen molar-refractivity contribution in [1.82, 2.24) is 5.32 Å². The van der Waals surface area contributed by atoms with Crippen LogP contribution in [-0.2, 0) is 10.9 Å². The fourth-order valence-corrected chi connectivity index (χ4v) is 1.47. The van der Waals surface area contributed by atoms with Crippen molar-refractivity contribution in [3.05, 3.63) is 28.8 Å². The predicted molar refractivity (Wildman–Crippen MR) is 65.4 cm³/mol. The van der Waals surface area contributed by atoms with Crippen molar-refractivity contribution < 1.29 is 22.7 Å². The minimum absolute atomic E-state index is 0.0577. The molecule has 1 aromatic rings. The third-order valence-electron chi connectivity index (χ3n) is 2.13. The van der Waals surface area contributed by atoms with Crippen LogP contribution in [0.15, 0.2) is 18.2 Å². The average Bonchev–Trinajstić information content (AvgIpc) is 2.30. The van der Waals surface area contributed by atoms with Gasteiger partial charge < -0.3 is 15.4 Å². The van der Waals surface area contributed by atoms with Crippen molar-refractivity contribution in [2.45, 2.75) is 6.18 Å². The van der Waals surface area contributed by atoms with Crippen LogP contribution >= 0.6 is 11.6 Å². The minimum Gasteiger partial charge on any atom is -0.383 e. The first-order valence-corrected chi connectivity index (χ1v) is 5.63. The van der Waals surface area contributed by atoms with Crippen molar-refractivity contribution in [3.63, 3.8) is 0 Å². The molecule has 2 N–H and O–H groups in total. The van der Waals surface area contributed by atoms with E-state index in [0.29, 0.717) is 0 Å². The fourth-order valence-electron chi connectivity index (χ4n) is 1.29. The Morgan fingerprint density at radius 2 is 2.11 bits per heavy atom. The van der Waals surface area contributed by atoms with Gasteiger partial charge in [-0.05, 0) is 18.2 Å². The number of halogens is 4. The maximum Gasteiger partial charge on any atom is 0.418 e. The van der Waals surface area contributed by atoms with Crippen molar-refractivity contribution >= 4 is 23.3 Å². The zero-order chi connectivity index (χ0) is 14.5. The van der Waals surface area contributed by atoms with Crippen LogP contribution in [0.3, 0.4) is 0 Å². The summed E-state index contributed by atoms with van der Waals surface area (Å²) in [5.74, 6) is 0. The van der Waals surface area contributed by atoms with Gasteiger partial charge in [0.05, 0.1) is 17.9 Å². The molecule has 0 saturated heterocycles. The second-order valence-electron chi connectivity index (χ2n) is 3.56. The molecule has 0 aliphatic carbocycles. The number of rotatable bonds is 4. The molecule has 4 nitrogen and oxygen atoms in total. The molecule has 0 saturated carbocycles. The first-order chi connectivity index (χ1) is 8.84. The quantitative estimate of drug-likeness (QED) is 0.839. The molecule has 106 valence electrons. The Bertz CT molecular complexity index is 452. The summed E-state index contributed by atoms with van der Waals surface area (Å²) in [6, 6.07) is 2.37. The van der Waals surface area contributed by atoms with Crippen molar-refractivity contribution in [3.8, 4) is 0 Å². The van der Waals surface area contributed by atoms with Crippen LogP contribution in [0.5, 0.6) is 0 Å². The summed E-state index contributed by atoms with van der Waals surface area (Å²) in [5.41, 5.74) is -1.35. The van der Waals surface area contributed by atoms with Crippen LogP contribution in [0.2, 0.25) is 5.02 Å². The lowest BCUT2D eigenvalue weighted by molar-refractivity contribution is -0.136. The number of nitrogens with one attached hydrogen (secondary N) is 2. The predicted octanol–water partition coefficient (Wildman–Crippen LogP) is 3.13. The molecule has 0 atom stereocenters. The van der Waals surface area contributed by atoms with E-state index in [9.17, 15) is 18.0 Å². The number of hydrogen-bond acceptors (Lipinski definition) is 2. The van der Waals surface area contributed by atoms with E-state index in [4.69, 9.17) is 16.3 Å². The molecule has 0 radical (unpaired) electrons. The van der Waals surface area contributed by atoms with Crippen LogP contribution in [0, 0.1) is 0 Å². The molecular formula is C11H12ClF3N2O2. The molecule has 1 rings (SSSR count). The van der Waals surface area contributed by atoms with Gasteiger partial charge in [0.15, 0.2) is 0 Å². The molecule has 8 heteroatoms. The smallest absolute Gasteiger partial charge is 0.383 e. The molecule has 0 spiro atoms. The van der Waals surface area contributed by atoms with Gasteiger partial charge in [0.2, 0.25) is 0 Å². The highest BCUT2D eigenvalue weighted by molar-refractivity contribution is 6.30. The number of ether oxygens (including phenoxy) is 1. The SMILES string of the molecule is COCCNC(=O)Nc1ccc(Cl)cc1C(F)(F)F. The van der Waals surface area contributed by atoms with E-state index in [-0.39, 0.29) is 23.9 Å². The minimum atomic E-state index is -4.60. The number of methoxy groups -OCH3 is 1. The van der Waals surface area contributed by atoms with E-state index >= 15 is 0 Å². The molecule has 0 heterocycles. The number of benzene rings is 1. The fraction of sp³-hybridized carbons (Fsp3) is 0.364. The lowest BCUT2D eigenvalue weighted by Crippen LogP contribution is -2.32. The van der Waals surface area contributed by atoms with Crippen LogP contribution in [0.4, 0.5) is 23.7 Å². The van der Waals surface area contributed by atoms with E-state index < -0.39 is 17.8 Å². The molecule has 0 unspecified atom stereocenters. The third-order valence-corrected chi connectivity index (χ3v) is 2.36. The van der Waals surface area contributed by atoms with Gasteiger partial charge in [0.25, 0.3) is 0 Å². The van der Waals surface area contributed by atoms with Gasteiger partial charge in [0, 0.05) is 18.7 Å². The number of amides is 2. The standard InChI is InChI=1S/C11H12ClF3N2O2/c1-19-5-4-16-10(18)17-9-3-2-7(12)6-8(9)11(13,14)15/h2-3,6H,4-5H2,1H3,(H2,16,17,18). The summed E-state index contributed by atoms with van der Waals surface area (Å²) < 4.78 is 42.9. The lowest BCUT2D eigenvalue weighted by atomic mass is 10.1. The van der Waals surface area contributed by atoms with Crippen LogP contribution in [0.1, 0.15) is 5.56 Å². The zero-order valence-corrected chi connectivity index (χ0v) is 10.7. The first-order valence-electron chi connectivity index (χ1n) is 5.25. The van der Waals surface area contributed by atoms with Gasteiger partial charge in [-0.1, -0.05) is 11.6 Å². The van der Waals surface area contributed by atoms with E-state index in [2.05, 4.69) is 10.6 Å². The third kappa shape index (κ3) is 4.96. The van der Waals surface area contributed by atoms with E-state index in [1.807, 2.05) is 0 Å². The number of anilines is 1. The summed E-state index contributed by atoms with van der Waals surface area (Å²) in [7, 11) is 1.44. The molecule has 2 amide bonds. The van der Waals surface area contributed by atoms with Gasteiger partial charge in [-0.3, -0.25) is 0 Å². The van der Waals surface area contributed by atoms with Crippen molar-refractivity contribution in [1.29, 1.82) is 0 Å². The van der Waals surface area contributed by atoms with Gasteiger partial charge in [-0.15, -0.1) is 0 Å². The van der Waals surface area contributed by atoms with Crippen LogP contribution in [-0.4, -0.2) is 26.3 Å². The number of hydrogen-bond donors (Lipinski definition) is 2. The largest absolute Gasteiger partial charge is 0.418 e. The van der Waals surface area contributed by atoms with Gasteiger partial charge in [0.1, 0.15) is 0 Å². The molecule has 0 aliphatic heterocycles. The number of carbonyl (C=O) groups excluding carboxylic acids is 1. The molecule has 1 aromatic carbocycles. The average molecular weight is 297 g/mol. The van der Waals surface area contributed by atoms with Crippen molar-refractivity contribution in [2.75, 3.05) is 25.6 Å². The molecule has 0 bridgehead atoms. The summed E-state index contributed by atoms with van der Waals surface area (Å²) in [6.45, 7) is 0.456. The van der Waals surface area contributed by atoms with Crippen LogP contribution in [0.25, 0.3) is 0 Å². The maximum absolute atomic E-state index is 12.7. The Morgan fingerprint density at radius 1 is 1.42 bits per heavy atom. The molecule has 0 aromatic heterocycles. The second kappa shape index (κ2) is 6.63. The Morgan fingerprint density at radius 3 is 2.68 bits per heavy atom. The summed E-state index contributed by atoms with van der Waals surface area (Å²) in [6.07, 6.45) is -4.60. The van der Waals surface area contributed by atoms with E-state index in [0.717, 1.165) is 12.1 Å². The molecule has 0 aliphatic rings.